The average molecular weight is 454 g/mol. The van der Waals surface area contributed by atoms with Crippen LogP contribution in [0, 0.1) is 17.2 Å². The van der Waals surface area contributed by atoms with Crippen LogP contribution in [0.15, 0.2) is 47.5 Å². The number of carbonyl (C=O) groups excluding carboxylic acids is 1. The molecule has 0 bridgehead atoms. The van der Waals surface area contributed by atoms with E-state index in [-0.39, 0.29) is 35.4 Å². The largest absolute Gasteiger partial charge is 0.355 e. The topological polar surface area (TPSA) is 106 Å². The first-order valence-electron chi connectivity index (χ1n) is 11.0. The maximum absolute atomic E-state index is 13.0. The van der Waals surface area contributed by atoms with Gasteiger partial charge in [0.15, 0.2) is 5.82 Å². The first kappa shape index (κ1) is 22.2. The number of nitrogens with zero attached hydrogens (tertiary/aromatic N) is 4. The molecule has 168 valence electrons. The van der Waals surface area contributed by atoms with Crippen molar-refractivity contribution in [2.45, 2.75) is 37.0 Å². The molecule has 0 radical (unpaired) electrons. The molecule has 1 N–H and O–H groups in total. The molecule has 0 unspecified atom stereocenters. The van der Waals surface area contributed by atoms with Gasteiger partial charge in [-0.1, -0.05) is 12.1 Å². The number of rotatable bonds is 5. The molecule has 1 aromatic heterocycles. The third-order valence-corrected chi connectivity index (χ3v) is 8.11. The Labute approximate surface area is 188 Å². The highest BCUT2D eigenvalue weighted by Crippen LogP contribution is 2.29. The van der Waals surface area contributed by atoms with Gasteiger partial charge in [-0.2, -0.15) is 9.57 Å². The van der Waals surface area contributed by atoms with E-state index in [1.807, 2.05) is 18.2 Å². The van der Waals surface area contributed by atoms with Gasteiger partial charge in [0.1, 0.15) is 6.07 Å². The van der Waals surface area contributed by atoms with Crippen LogP contribution in [-0.4, -0.2) is 49.8 Å². The van der Waals surface area contributed by atoms with E-state index < -0.39 is 10.0 Å². The Morgan fingerprint density at radius 2 is 1.75 bits per heavy atom. The minimum atomic E-state index is -3.77. The summed E-state index contributed by atoms with van der Waals surface area (Å²) in [6.45, 7) is 2.35. The summed E-state index contributed by atoms with van der Waals surface area (Å²) in [6, 6.07) is 11.8. The van der Waals surface area contributed by atoms with E-state index in [0.29, 0.717) is 18.5 Å². The number of aromatic nitrogens is 1. The summed E-state index contributed by atoms with van der Waals surface area (Å²) in [6.07, 6.45) is 6.04. The zero-order valence-electron chi connectivity index (χ0n) is 17.9. The maximum atomic E-state index is 13.0. The van der Waals surface area contributed by atoms with Gasteiger partial charge in [0.05, 0.1) is 16.1 Å². The van der Waals surface area contributed by atoms with E-state index >= 15 is 0 Å². The lowest BCUT2D eigenvalue weighted by Crippen LogP contribution is -2.41. The summed E-state index contributed by atoms with van der Waals surface area (Å²) in [5.41, 5.74) is 0.839. The number of piperidine rings is 2. The Hall–Kier alpha value is -2.96. The Morgan fingerprint density at radius 3 is 2.47 bits per heavy atom. The van der Waals surface area contributed by atoms with Crippen molar-refractivity contribution in [3.63, 3.8) is 0 Å². The van der Waals surface area contributed by atoms with Crippen molar-refractivity contribution in [3.05, 3.63) is 48.2 Å². The summed E-state index contributed by atoms with van der Waals surface area (Å²) < 4.78 is 27.4. The average Bonchev–Trinajstić information content (AvgIpc) is 2.85. The molecule has 2 fully saturated rings. The van der Waals surface area contributed by atoms with E-state index in [1.165, 1.54) is 22.9 Å². The maximum Gasteiger partial charge on any atom is 0.244 e. The van der Waals surface area contributed by atoms with Gasteiger partial charge in [-0.3, -0.25) is 4.79 Å². The van der Waals surface area contributed by atoms with Crippen molar-refractivity contribution in [3.8, 4) is 6.07 Å². The van der Waals surface area contributed by atoms with Crippen molar-refractivity contribution in [1.82, 2.24) is 9.29 Å². The van der Waals surface area contributed by atoms with Crippen molar-refractivity contribution >= 4 is 27.4 Å². The summed E-state index contributed by atoms with van der Waals surface area (Å²) in [7, 11) is -3.77. The lowest BCUT2D eigenvalue weighted by atomic mass is 9.97. The lowest BCUT2D eigenvalue weighted by Gasteiger charge is -2.32. The molecule has 2 saturated heterocycles. The summed E-state index contributed by atoms with van der Waals surface area (Å²) in [5.74, 6) is 0.418. The van der Waals surface area contributed by atoms with Crippen LogP contribution >= 0.6 is 0 Å². The molecule has 0 aliphatic carbocycles. The van der Waals surface area contributed by atoms with Gasteiger partial charge in [-0.15, -0.1) is 0 Å². The van der Waals surface area contributed by atoms with Crippen molar-refractivity contribution in [1.29, 1.82) is 5.26 Å². The van der Waals surface area contributed by atoms with Crippen LogP contribution in [0.25, 0.3) is 0 Å². The lowest BCUT2D eigenvalue weighted by molar-refractivity contribution is -0.120. The zero-order valence-corrected chi connectivity index (χ0v) is 18.7. The van der Waals surface area contributed by atoms with Crippen LogP contribution in [0.4, 0.5) is 11.5 Å². The van der Waals surface area contributed by atoms with Gasteiger partial charge >= 0.3 is 0 Å². The standard InChI is InChI=1S/C23H27N5O3S/c24-17-19-7-2-3-9-21(19)32(30,31)28-15-10-18(11-16-28)23(29)26-20-8-6-12-25-22(20)27-13-4-1-5-14-27/h2-3,6-9,12,18H,1,4-5,10-11,13-16H2,(H,26,29). The molecule has 0 atom stereocenters. The fourth-order valence-corrected chi connectivity index (χ4v) is 5.98. The number of carbonyl (C=O) groups is 1. The second-order valence-electron chi connectivity index (χ2n) is 8.20. The van der Waals surface area contributed by atoms with Crippen LogP contribution in [0.5, 0.6) is 0 Å². The number of nitrogens with one attached hydrogen (secondary N) is 1. The number of hydrogen-bond donors (Lipinski definition) is 1. The van der Waals surface area contributed by atoms with Crippen LogP contribution in [0.3, 0.4) is 0 Å². The van der Waals surface area contributed by atoms with E-state index in [1.54, 1.807) is 18.3 Å². The molecular formula is C23H27N5O3S. The molecule has 1 amide bonds. The molecule has 4 rings (SSSR count). The Balaban J connectivity index is 1.41. The van der Waals surface area contributed by atoms with Crippen molar-refractivity contribution < 1.29 is 13.2 Å². The van der Waals surface area contributed by atoms with E-state index in [9.17, 15) is 18.5 Å². The highest BCUT2D eigenvalue weighted by molar-refractivity contribution is 7.89. The molecule has 2 aromatic rings. The van der Waals surface area contributed by atoms with Gasteiger partial charge < -0.3 is 10.2 Å². The first-order valence-corrected chi connectivity index (χ1v) is 12.4. The highest BCUT2D eigenvalue weighted by atomic mass is 32.2. The SMILES string of the molecule is N#Cc1ccccc1S(=O)(=O)N1CCC(C(=O)Nc2cccnc2N2CCCCC2)CC1. The second kappa shape index (κ2) is 9.67. The van der Waals surface area contributed by atoms with Gasteiger partial charge in [0, 0.05) is 38.3 Å². The Morgan fingerprint density at radius 1 is 1.03 bits per heavy atom. The molecule has 8 nitrogen and oxygen atoms in total. The van der Waals surface area contributed by atoms with Crippen LogP contribution in [0.1, 0.15) is 37.7 Å². The van der Waals surface area contributed by atoms with Gasteiger partial charge in [-0.25, -0.2) is 13.4 Å². The minimum absolute atomic E-state index is 0.0203. The number of nitriles is 1. The minimum Gasteiger partial charge on any atom is -0.355 e. The van der Waals surface area contributed by atoms with E-state index in [2.05, 4.69) is 15.2 Å². The molecule has 32 heavy (non-hydrogen) atoms. The molecule has 0 spiro atoms. The second-order valence-corrected chi connectivity index (χ2v) is 10.1. The van der Waals surface area contributed by atoms with E-state index in [4.69, 9.17) is 0 Å². The van der Waals surface area contributed by atoms with Gasteiger partial charge in [0.2, 0.25) is 15.9 Å². The number of pyridine rings is 1. The third-order valence-electron chi connectivity index (χ3n) is 6.15. The Bertz CT molecular complexity index is 1110. The molecule has 2 aliphatic heterocycles. The van der Waals surface area contributed by atoms with Gasteiger partial charge in [-0.05, 0) is 56.4 Å². The summed E-state index contributed by atoms with van der Waals surface area (Å²) in [4.78, 5) is 19.7. The molecule has 0 saturated carbocycles. The van der Waals surface area contributed by atoms with Crippen LogP contribution in [-0.2, 0) is 14.8 Å². The number of amides is 1. The van der Waals surface area contributed by atoms with Crippen LogP contribution in [0.2, 0.25) is 0 Å². The monoisotopic (exact) mass is 453 g/mol. The number of benzene rings is 1. The third kappa shape index (κ3) is 4.61. The molecular weight excluding hydrogens is 426 g/mol. The van der Waals surface area contributed by atoms with Crippen LogP contribution < -0.4 is 10.2 Å². The number of sulfonamides is 1. The van der Waals surface area contributed by atoms with Crippen molar-refractivity contribution in [2.75, 3.05) is 36.4 Å². The summed E-state index contributed by atoms with van der Waals surface area (Å²) in [5, 5.41) is 12.3. The number of hydrogen-bond acceptors (Lipinski definition) is 6. The van der Waals surface area contributed by atoms with Crippen molar-refractivity contribution in [2.24, 2.45) is 5.92 Å². The predicted molar refractivity (Wildman–Crippen MR) is 122 cm³/mol. The zero-order chi connectivity index (χ0) is 22.6. The predicted octanol–water partition coefficient (Wildman–Crippen LogP) is 2.98. The smallest absolute Gasteiger partial charge is 0.244 e. The normalized spacial score (nSPS) is 18.2. The molecule has 3 heterocycles. The molecule has 9 heteroatoms. The first-order chi connectivity index (χ1) is 15.5. The fraction of sp³-hybridized carbons (Fsp3) is 0.435. The van der Waals surface area contributed by atoms with E-state index in [0.717, 1.165) is 31.7 Å². The quantitative estimate of drug-likeness (QED) is 0.746. The van der Waals surface area contributed by atoms with Gasteiger partial charge in [0.25, 0.3) is 0 Å². The molecule has 1 aromatic carbocycles. The number of anilines is 2. The summed E-state index contributed by atoms with van der Waals surface area (Å²) >= 11 is 0. The molecule has 2 aliphatic rings. The fourth-order valence-electron chi connectivity index (χ4n) is 4.37. The Kier molecular flexibility index (Phi) is 6.72. The highest BCUT2D eigenvalue weighted by Gasteiger charge is 2.33.